The van der Waals surface area contributed by atoms with Crippen molar-refractivity contribution in [2.24, 2.45) is 0 Å². The zero-order valence-corrected chi connectivity index (χ0v) is 17.2. The van der Waals surface area contributed by atoms with E-state index in [-0.39, 0.29) is 24.4 Å². The van der Waals surface area contributed by atoms with E-state index in [1.807, 2.05) is 17.0 Å². The molecule has 0 radical (unpaired) electrons. The van der Waals surface area contributed by atoms with E-state index in [4.69, 9.17) is 4.74 Å². The van der Waals surface area contributed by atoms with Gasteiger partial charge in [0.05, 0.1) is 18.1 Å². The molecule has 2 heterocycles. The molecule has 1 N–H and O–H groups in total. The van der Waals surface area contributed by atoms with Gasteiger partial charge >= 0.3 is 0 Å². The summed E-state index contributed by atoms with van der Waals surface area (Å²) in [5.74, 6) is 0.156. The van der Waals surface area contributed by atoms with Crippen molar-refractivity contribution in [3.05, 3.63) is 29.8 Å². The molecule has 2 aliphatic rings. The van der Waals surface area contributed by atoms with E-state index < -0.39 is 10.0 Å². The number of piperazine rings is 1. The van der Waals surface area contributed by atoms with Gasteiger partial charge in [0.2, 0.25) is 15.9 Å². The summed E-state index contributed by atoms with van der Waals surface area (Å²) in [6.45, 7) is 6.12. The van der Waals surface area contributed by atoms with E-state index in [2.05, 4.69) is 12.2 Å². The normalized spacial score (nSPS) is 21.5. The zero-order chi connectivity index (χ0) is 18.6. The number of morpholine rings is 1. The van der Waals surface area contributed by atoms with Gasteiger partial charge in [-0.15, -0.1) is 12.4 Å². The standard InChI is InChI=1S/C18H27N3O4S.ClH/c1-15-14-19-8-9-21(15)18(22)7-4-16-2-5-17(6-3-16)26(23,24)20-10-12-25-13-11-20;/h2-3,5-6,15,19H,4,7-14H2,1H3;1H/t15-;/m1./s1. The Morgan fingerprint density at radius 1 is 1.19 bits per heavy atom. The van der Waals surface area contributed by atoms with Gasteiger partial charge in [-0.3, -0.25) is 4.79 Å². The lowest BCUT2D eigenvalue weighted by molar-refractivity contribution is -0.133. The minimum absolute atomic E-state index is 0. The first-order chi connectivity index (χ1) is 12.5. The first kappa shape index (κ1) is 22.1. The summed E-state index contributed by atoms with van der Waals surface area (Å²) in [4.78, 5) is 14.6. The number of hydrogen-bond donors (Lipinski definition) is 1. The van der Waals surface area contributed by atoms with Crippen molar-refractivity contribution in [1.82, 2.24) is 14.5 Å². The molecule has 0 aromatic heterocycles. The van der Waals surface area contributed by atoms with Gasteiger partial charge < -0.3 is 15.0 Å². The average molecular weight is 418 g/mol. The molecular formula is C18H28ClN3O4S. The molecule has 7 nitrogen and oxygen atoms in total. The molecule has 0 bridgehead atoms. The van der Waals surface area contributed by atoms with E-state index in [0.29, 0.717) is 44.0 Å². The quantitative estimate of drug-likeness (QED) is 0.769. The average Bonchev–Trinajstić information content (AvgIpc) is 2.67. The molecule has 2 fully saturated rings. The van der Waals surface area contributed by atoms with Gasteiger partial charge in [-0.1, -0.05) is 12.1 Å². The molecule has 3 rings (SSSR count). The monoisotopic (exact) mass is 417 g/mol. The summed E-state index contributed by atoms with van der Waals surface area (Å²) in [6.07, 6.45) is 1.06. The van der Waals surface area contributed by atoms with Crippen LogP contribution in [0.4, 0.5) is 0 Å². The third-order valence-electron chi connectivity index (χ3n) is 4.98. The molecule has 0 spiro atoms. The van der Waals surface area contributed by atoms with Gasteiger partial charge in [-0.2, -0.15) is 4.31 Å². The van der Waals surface area contributed by atoms with Crippen LogP contribution in [0.15, 0.2) is 29.2 Å². The third kappa shape index (κ3) is 5.42. The molecule has 0 unspecified atom stereocenters. The molecule has 1 amide bonds. The number of sulfonamides is 1. The fourth-order valence-corrected chi connectivity index (χ4v) is 4.78. The predicted octanol–water partition coefficient (Wildman–Crippen LogP) is 0.882. The van der Waals surface area contributed by atoms with Crippen LogP contribution >= 0.6 is 12.4 Å². The Kier molecular flexibility index (Phi) is 8.05. The lowest BCUT2D eigenvalue weighted by Crippen LogP contribution is -2.52. The maximum absolute atomic E-state index is 12.6. The molecule has 27 heavy (non-hydrogen) atoms. The Morgan fingerprint density at radius 3 is 2.48 bits per heavy atom. The second-order valence-electron chi connectivity index (χ2n) is 6.80. The largest absolute Gasteiger partial charge is 0.379 e. The Labute approximate surface area is 167 Å². The van der Waals surface area contributed by atoms with Crippen molar-refractivity contribution in [3.63, 3.8) is 0 Å². The van der Waals surface area contributed by atoms with E-state index >= 15 is 0 Å². The summed E-state index contributed by atoms with van der Waals surface area (Å²) in [7, 11) is -3.46. The highest BCUT2D eigenvalue weighted by molar-refractivity contribution is 7.89. The van der Waals surface area contributed by atoms with Gasteiger partial charge in [0, 0.05) is 45.2 Å². The van der Waals surface area contributed by atoms with Crippen LogP contribution in [0.2, 0.25) is 0 Å². The summed E-state index contributed by atoms with van der Waals surface area (Å²) in [5.41, 5.74) is 0.974. The minimum Gasteiger partial charge on any atom is -0.379 e. The number of nitrogens with one attached hydrogen (secondary N) is 1. The maximum atomic E-state index is 12.6. The zero-order valence-electron chi connectivity index (χ0n) is 15.6. The van der Waals surface area contributed by atoms with E-state index in [1.54, 1.807) is 12.1 Å². The van der Waals surface area contributed by atoms with Crippen LogP contribution in [0.1, 0.15) is 18.9 Å². The first-order valence-corrected chi connectivity index (χ1v) is 10.6. The first-order valence-electron chi connectivity index (χ1n) is 9.15. The number of nitrogens with zero attached hydrogens (tertiary/aromatic N) is 2. The van der Waals surface area contributed by atoms with Crippen molar-refractivity contribution >= 4 is 28.3 Å². The number of aryl methyl sites for hydroxylation is 1. The summed E-state index contributed by atoms with van der Waals surface area (Å²) in [6, 6.07) is 7.11. The summed E-state index contributed by atoms with van der Waals surface area (Å²) >= 11 is 0. The van der Waals surface area contributed by atoms with Crippen molar-refractivity contribution in [1.29, 1.82) is 0 Å². The highest BCUT2D eigenvalue weighted by Crippen LogP contribution is 2.18. The summed E-state index contributed by atoms with van der Waals surface area (Å²) < 4.78 is 31.9. The fraction of sp³-hybridized carbons (Fsp3) is 0.611. The molecule has 0 saturated carbocycles. The van der Waals surface area contributed by atoms with Crippen LogP contribution in [0.25, 0.3) is 0 Å². The maximum Gasteiger partial charge on any atom is 0.243 e. The second kappa shape index (κ2) is 9.84. The minimum atomic E-state index is -3.46. The number of amides is 1. The number of benzene rings is 1. The van der Waals surface area contributed by atoms with Gasteiger partial charge in [-0.05, 0) is 31.0 Å². The second-order valence-corrected chi connectivity index (χ2v) is 8.74. The lowest BCUT2D eigenvalue weighted by atomic mass is 10.1. The molecular weight excluding hydrogens is 390 g/mol. The topological polar surface area (TPSA) is 79.0 Å². The van der Waals surface area contributed by atoms with Crippen LogP contribution in [-0.2, 0) is 26.0 Å². The third-order valence-corrected chi connectivity index (χ3v) is 6.89. The van der Waals surface area contributed by atoms with Crippen molar-refractivity contribution in [2.45, 2.75) is 30.7 Å². The van der Waals surface area contributed by atoms with Crippen LogP contribution < -0.4 is 5.32 Å². The van der Waals surface area contributed by atoms with E-state index in [1.165, 1.54) is 4.31 Å². The van der Waals surface area contributed by atoms with Crippen LogP contribution in [-0.4, -0.2) is 75.5 Å². The van der Waals surface area contributed by atoms with Gasteiger partial charge in [0.15, 0.2) is 0 Å². The molecule has 2 aliphatic heterocycles. The van der Waals surface area contributed by atoms with Gasteiger partial charge in [0.1, 0.15) is 0 Å². The molecule has 0 aliphatic carbocycles. The molecule has 2 saturated heterocycles. The number of rotatable bonds is 5. The Morgan fingerprint density at radius 2 is 1.85 bits per heavy atom. The Bertz CT molecular complexity index is 721. The Balaban J connectivity index is 0.00000261. The highest BCUT2D eigenvalue weighted by atomic mass is 35.5. The van der Waals surface area contributed by atoms with E-state index in [9.17, 15) is 13.2 Å². The molecule has 1 aromatic rings. The number of carbonyl (C=O) groups excluding carboxylic acids is 1. The van der Waals surface area contributed by atoms with Crippen molar-refractivity contribution in [3.8, 4) is 0 Å². The smallest absolute Gasteiger partial charge is 0.243 e. The van der Waals surface area contributed by atoms with Crippen LogP contribution in [0.3, 0.4) is 0 Å². The SMILES string of the molecule is C[C@@H]1CNCCN1C(=O)CCc1ccc(S(=O)(=O)N2CCOCC2)cc1.Cl. The number of ether oxygens (including phenoxy) is 1. The Hall–Kier alpha value is -1.19. The molecule has 1 aromatic carbocycles. The van der Waals surface area contributed by atoms with Crippen molar-refractivity contribution in [2.75, 3.05) is 45.9 Å². The number of halogens is 1. The van der Waals surface area contributed by atoms with Crippen LogP contribution in [0.5, 0.6) is 0 Å². The highest BCUT2D eigenvalue weighted by Gasteiger charge is 2.26. The van der Waals surface area contributed by atoms with Gasteiger partial charge in [-0.25, -0.2) is 8.42 Å². The molecule has 152 valence electrons. The molecule has 1 atom stereocenters. The predicted molar refractivity (Wildman–Crippen MR) is 106 cm³/mol. The van der Waals surface area contributed by atoms with Crippen LogP contribution in [0, 0.1) is 0 Å². The van der Waals surface area contributed by atoms with E-state index in [0.717, 1.165) is 25.2 Å². The van der Waals surface area contributed by atoms with Crippen molar-refractivity contribution < 1.29 is 17.9 Å². The van der Waals surface area contributed by atoms with Gasteiger partial charge in [0.25, 0.3) is 0 Å². The lowest BCUT2D eigenvalue weighted by Gasteiger charge is -2.34. The number of hydrogen-bond acceptors (Lipinski definition) is 5. The number of carbonyl (C=O) groups is 1. The molecule has 9 heteroatoms. The fourth-order valence-electron chi connectivity index (χ4n) is 3.37. The summed E-state index contributed by atoms with van der Waals surface area (Å²) in [5, 5.41) is 3.28.